The first kappa shape index (κ1) is 53.4. The molecule has 0 aromatic rings. The number of ether oxygens (including phenoxy) is 3. The SMILES string of the molecule is CCCCC/C=C\C/C=C\C/C=C\C/C=C\CCCC(=O)OCC(COC(=O)CCCCCCCCCCCC)OC(=O)CCCCCCCCCCCCC. The Balaban J connectivity index is 4.43. The molecule has 0 fully saturated rings. The van der Waals surface area contributed by atoms with Gasteiger partial charge >= 0.3 is 17.9 Å². The molecule has 0 aliphatic carbocycles. The molecule has 0 rings (SSSR count). The fourth-order valence-electron chi connectivity index (χ4n) is 6.49. The van der Waals surface area contributed by atoms with E-state index in [-0.39, 0.29) is 37.5 Å². The predicted molar refractivity (Wildman–Crippen MR) is 238 cm³/mol. The summed E-state index contributed by atoms with van der Waals surface area (Å²) in [6.45, 7) is 6.54. The summed E-state index contributed by atoms with van der Waals surface area (Å²) < 4.78 is 16.7. The lowest BCUT2D eigenvalue weighted by molar-refractivity contribution is -0.167. The van der Waals surface area contributed by atoms with Crippen molar-refractivity contribution in [2.75, 3.05) is 13.2 Å². The Kier molecular flexibility index (Phi) is 43.0. The van der Waals surface area contributed by atoms with E-state index in [1.54, 1.807) is 0 Å². The summed E-state index contributed by atoms with van der Waals surface area (Å²) in [6, 6.07) is 0. The van der Waals surface area contributed by atoms with Gasteiger partial charge in [-0.15, -0.1) is 0 Å². The highest BCUT2D eigenvalue weighted by molar-refractivity contribution is 5.71. The smallest absolute Gasteiger partial charge is 0.306 e. The number of hydrogen-bond acceptors (Lipinski definition) is 6. The van der Waals surface area contributed by atoms with Crippen molar-refractivity contribution in [3.8, 4) is 0 Å². The van der Waals surface area contributed by atoms with E-state index in [2.05, 4.69) is 69.4 Å². The molecule has 0 spiro atoms. The molecule has 0 aromatic carbocycles. The van der Waals surface area contributed by atoms with Gasteiger partial charge in [0.05, 0.1) is 0 Å². The van der Waals surface area contributed by atoms with Gasteiger partial charge in [-0.2, -0.15) is 0 Å². The Hall–Kier alpha value is -2.63. The molecule has 0 aliphatic heterocycles. The predicted octanol–water partition coefficient (Wildman–Crippen LogP) is 15.1. The zero-order valence-corrected chi connectivity index (χ0v) is 36.9. The molecule has 1 atom stereocenters. The molecule has 0 radical (unpaired) electrons. The molecule has 0 saturated heterocycles. The highest BCUT2D eigenvalue weighted by Crippen LogP contribution is 2.14. The van der Waals surface area contributed by atoms with Crippen molar-refractivity contribution >= 4 is 17.9 Å². The van der Waals surface area contributed by atoms with E-state index in [9.17, 15) is 14.4 Å². The van der Waals surface area contributed by atoms with Crippen molar-refractivity contribution in [1.29, 1.82) is 0 Å². The van der Waals surface area contributed by atoms with Crippen LogP contribution in [0.4, 0.5) is 0 Å². The minimum atomic E-state index is -0.788. The maximum absolute atomic E-state index is 12.7. The summed E-state index contributed by atoms with van der Waals surface area (Å²) in [5, 5.41) is 0. The van der Waals surface area contributed by atoms with Crippen LogP contribution in [-0.2, 0) is 28.6 Å². The van der Waals surface area contributed by atoms with E-state index < -0.39 is 6.10 Å². The average molecular weight is 785 g/mol. The Morgan fingerprint density at radius 3 is 1.07 bits per heavy atom. The van der Waals surface area contributed by atoms with Crippen LogP contribution in [0.3, 0.4) is 0 Å². The largest absolute Gasteiger partial charge is 0.462 e. The van der Waals surface area contributed by atoms with E-state index in [0.29, 0.717) is 19.3 Å². The monoisotopic (exact) mass is 785 g/mol. The summed E-state index contributed by atoms with van der Waals surface area (Å²) in [4.78, 5) is 37.7. The van der Waals surface area contributed by atoms with Crippen LogP contribution >= 0.6 is 0 Å². The molecule has 6 heteroatoms. The zero-order valence-electron chi connectivity index (χ0n) is 36.9. The van der Waals surface area contributed by atoms with Crippen LogP contribution in [0.1, 0.15) is 233 Å². The second-order valence-corrected chi connectivity index (χ2v) is 15.7. The van der Waals surface area contributed by atoms with Crippen molar-refractivity contribution in [2.45, 2.75) is 239 Å². The maximum atomic E-state index is 12.7. The summed E-state index contributed by atoms with van der Waals surface area (Å²) in [5.74, 6) is -0.946. The second-order valence-electron chi connectivity index (χ2n) is 15.7. The zero-order chi connectivity index (χ0) is 40.8. The van der Waals surface area contributed by atoms with E-state index in [1.165, 1.54) is 122 Å². The molecule has 324 valence electrons. The van der Waals surface area contributed by atoms with Gasteiger partial charge in [0.15, 0.2) is 6.10 Å². The van der Waals surface area contributed by atoms with Crippen molar-refractivity contribution < 1.29 is 28.6 Å². The molecular formula is C50H88O6. The fourth-order valence-corrected chi connectivity index (χ4v) is 6.49. The highest BCUT2D eigenvalue weighted by atomic mass is 16.6. The van der Waals surface area contributed by atoms with Gasteiger partial charge < -0.3 is 14.2 Å². The number of carbonyl (C=O) groups is 3. The Labute approximate surface area is 346 Å². The van der Waals surface area contributed by atoms with Crippen molar-refractivity contribution in [3.05, 3.63) is 48.6 Å². The van der Waals surface area contributed by atoms with Gasteiger partial charge in [0.2, 0.25) is 0 Å². The van der Waals surface area contributed by atoms with Crippen molar-refractivity contribution in [3.63, 3.8) is 0 Å². The van der Waals surface area contributed by atoms with Crippen LogP contribution < -0.4 is 0 Å². The third-order valence-electron chi connectivity index (χ3n) is 10.1. The lowest BCUT2D eigenvalue weighted by Crippen LogP contribution is -2.30. The second kappa shape index (κ2) is 45.1. The van der Waals surface area contributed by atoms with Crippen LogP contribution in [0.15, 0.2) is 48.6 Å². The third-order valence-corrected chi connectivity index (χ3v) is 10.1. The quantitative estimate of drug-likeness (QED) is 0.0265. The Morgan fingerprint density at radius 1 is 0.357 bits per heavy atom. The summed E-state index contributed by atoms with van der Waals surface area (Å²) >= 11 is 0. The molecule has 6 nitrogen and oxygen atoms in total. The van der Waals surface area contributed by atoms with E-state index >= 15 is 0 Å². The van der Waals surface area contributed by atoms with Crippen LogP contribution in [0, 0.1) is 0 Å². The van der Waals surface area contributed by atoms with E-state index in [0.717, 1.165) is 64.2 Å². The molecule has 0 aliphatic rings. The van der Waals surface area contributed by atoms with Gasteiger partial charge in [-0.3, -0.25) is 14.4 Å². The maximum Gasteiger partial charge on any atom is 0.306 e. The number of allylic oxidation sites excluding steroid dienone is 8. The first-order valence-electron chi connectivity index (χ1n) is 23.6. The molecule has 56 heavy (non-hydrogen) atoms. The minimum Gasteiger partial charge on any atom is -0.462 e. The van der Waals surface area contributed by atoms with Crippen molar-refractivity contribution in [1.82, 2.24) is 0 Å². The van der Waals surface area contributed by atoms with Crippen LogP contribution in [0.25, 0.3) is 0 Å². The fraction of sp³-hybridized carbons (Fsp3) is 0.780. The van der Waals surface area contributed by atoms with Gasteiger partial charge in [0.1, 0.15) is 13.2 Å². The van der Waals surface area contributed by atoms with Gasteiger partial charge in [0.25, 0.3) is 0 Å². The first-order valence-corrected chi connectivity index (χ1v) is 23.6. The van der Waals surface area contributed by atoms with Gasteiger partial charge in [-0.25, -0.2) is 0 Å². The van der Waals surface area contributed by atoms with Crippen LogP contribution in [0.2, 0.25) is 0 Å². The number of esters is 3. The number of rotatable bonds is 42. The molecule has 0 heterocycles. The van der Waals surface area contributed by atoms with Crippen molar-refractivity contribution in [2.24, 2.45) is 0 Å². The molecule has 0 amide bonds. The third kappa shape index (κ3) is 42.5. The normalized spacial score (nSPS) is 12.4. The van der Waals surface area contributed by atoms with Gasteiger partial charge in [-0.05, 0) is 57.8 Å². The summed E-state index contributed by atoms with van der Waals surface area (Å²) in [6.07, 6.45) is 52.4. The van der Waals surface area contributed by atoms with E-state index in [4.69, 9.17) is 14.2 Å². The molecule has 0 aromatic heterocycles. The Morgan fingerprint density at radius 2 is 0.661 bits per heavy atom. The topological polar surface area (TPSA) is 78.9 Å². The van der Waals surface area contributed by atoms with E-state index in [1.807, 2.05) is 0 Å². The molecule has 0 bridgehead atoms. The number of carbonyl (C=O) groups excluding carboxylic acids is 3. The minimum absolute atomic E-state index is 0.0872. The molecule has 0 saturated carbocycles. The molecule has 0 N–H and O–H groups in total. The van der Waals surface area contributed by atoms with Gasteiger partial charge in [0, 0.05) is 19.3 Å². The lowest BCUT2D eigenvalue weighted by atomic mass is 10.1. The average Bonchev–Trinajstić information content (AvgIpc) is 3.19. The molecular weight excluding hydrogens is 697 g/mol. The summed E-state index contributed by atoms with van der Waals surface area (Å²) in [7, 11) is 0. The molecule has 1 unspecified atom stereocenters. The first-order chi connectivity index (χ1) is 27.5. The number of hydrogen-bond donors (Lipinski definition) is 0. The van der Waals surface area contributed by atoms with Crippen LogP contribution in [-0.4, -0.2) is 37.2 Å². The lowest BCUT2D eigenvalue weighted by Gasteiger charge is -2.18. The standard InChI is InChI=1S/C50H88O6/c1-4-7-10-13-16-19-22-23-24-25-26-27-29-31-34-37-40-43-49(52)55-46-47(45-54-48(51)42-39-36-33-30-21-18-15-12-9-6-3)56-50(53)44-41-38-35-32-28-20-17-14-11-8-5-2/h16,19,23-24,26-27,31,34,47H,4-15,17-18,20-22,25,28-30,32-33,35-46H2,1-3H3/b19-16-,24-23-,27-26-,34-31-. The van der Waals surface area contributed by atoms with Gasteiger partial charge in [-0.1, -0.05) is 204 Å². The highest BCUT2D eigenvalue weighted by Gasteiger charge is 2.19. The Bertz CT molecular complexity index is 996. The van der Waals surface area contributed by atoms with Crippen LogP contribution in [0.5, 0.6) is 0 Å². The number of unbranched alkanes of at least 4 members (excludes halogenated alkanes) is 23. The summed E-state index contributed by atoms with van der Waals surface area (Å²) in [5.41, 5.74) is 0.